The number of ether oxygens (including phenoxy) is 3. The fourth-order valence-electron chi connectivity index (χ4n) is 4.70. The highest BCUT2D eigenvalue weighted by Gasteiger charge is 2.35. The summed E-state index contributed by atoms with van der Waals surface area (Å²) in [5.41, 5.74) is 0.0255. The van der Waals surface area contributed by atoms with Crippen LogP contribution in [-0.4, -0.2) is 31.4 Å². The molecule has 1 unspecified atom stereocenters. The van der Waals surface area contributed by atoms with E-state index in [9.17, 15) is 22.8 Å². The molecule has 0 radical (unpaired) electrons. The quantitative estimate of drug-likeness (QED) is 0.275. The summed E-state index contributed by atoms with van der Waals surface area (Å²) in [7, 11) is 2.98. The number of furan rings is 1. The lowest BCUT2D eigenvalue weighted by Gasteiger charge is -2.26. The van der Waals surface area contributed by atoms with Crippen LogP contribution in [0.2, 0.25) is 0 Å². The summed E-state index contributed by atoms with van der Waals surface area (Å²) >= 11 is 1.08. The van der Waals surface area contributed by atoms with Crippen molar-refractivity contribution in [3.8, 4) is 22.8 Å². The van der Waals surface area contributed by atoms with Crippen LogP contribution < -0.4 is 24.4 Å². The summed E-state index contributed by atoms with van der Waals surface area (Å²) in [4.78, 5) is 31.9. The van der Waals surface area contributed by atoms with Gasteiger partial charge in [0, 0.05) is 17.2 Å². The summed E-state index contributed by atoms with van der Waals surface area (Å²) in [6.45, 7) is 3.46. The van der Waals surface area contributed by atoms with Crippen molar-refractivity contribution in [3.05, 3.63) is 102 Å². The lowest BCUT2D eigenvalue weighted by molar-refractivity contribution is -0.139. The van der Waals surface area contributed by atoms with Crippen molar-refractivity contribution in [2.75, 3.05) is 20.8 Å². The largest absolute Gasteiger partial charge is 0.497 e. The van der Waals surface area contributed by atoms with Crippen LogP contribution in [0, 0.1) is 0 Å². The maximum absolute atomic E-state index is 13.9. The van der Waals surface area contributed by atoms with Gasteiger partial charge in [-0.25, -0.2) is 9.79 Å². The molecule has 0 bridgehead atoms. The molecule has 12 heteroatoms. The highest BCUT2D eigenvalue weighted by molar-refractivity contribution is 7.07. The number of alkyl halides is 3. The van der Waals surface area contributed by atoms with E-state index in [-0.39, 0.29) is 33.8 Å². The number of thiazole rings is 1. The number of hydrogen-bond donors (Lipinski definition) is 0. The number of halogens is 3. The molecule has 0 N–H and O–H groups in total. The number of aromatic nitrogens is 1. The van der Waals surface area contributed by atoms with E-state index < -0.39 is 29.3 Å². The Labute approximate surface area is 241 Å². The monoisotopic (exact) mass is 598 g/mol. The maximum Gasteiger partial charge on any atom is 0.416 e. The van der Waals surface area contributed by atoms with Gasteiger partial charge in [0.2, 0.25) is 0 Å². The molecule has 2 aromatic carbocycles. The van der Waals surface area contributed by atoms with E-state index in [0.29, 0.717) is 27.6 Å². The molecule has 1 aliphatic heterocycles. The zero-order valence-corrected chi connectivity index (χ0v) is 23.8. The average Bonchev–Trinajstić information content (AvgIpc) is 3.55. The Morgan fingerprint density at radius 1 is 1.12 bits per heavy atom. The molecule has 218 valence electrons. The van der Waals surface area contributed by atoms with Crippen LogP contribution in [-0.2, 0) is 15.7 Å². The number of carbonyl (C=O) groups excluding carboxylic acids is 1. The van der Waals surface area contributed by atoms with Crippen molar-refractivity contribution < 1.29 is 36.6 Å². The molecule has 3 heterocycles. The fourth-order valence-corrected chi connectivity index (χ4v) is 5.73. The normalized spacial score (nSPS) is 15.3. The van der Waals surface area contributed by atoms with Gasteiger partial charge in [-0.15, -0.1) is 0 Å². The van der Waals surface area contributed by atoms with E-state index >= 15 is 0 Å². The van der Waals surface area contributed by atoms with Crippen molar-refractivity contribution in [1.29, 1.82) is 0 Å². The molecule has 0 saturated heterocycles. The third-order valence-corrected chi connectivity index (χ3v) is 7.61. The molecule has 5 rings (SSSR count). The Kier molecular flexibility index (Phi) is 7.83. The number of hydrogen-bond acceptors (Lipinski definition) is 8. The van der Waals surface area contributed by atoms with Crippen molar-refractivity contribution in [2.24, 2.45) is 4.99 Å². The minimum Gasteiger partial charge on any atom is -0.497 e. The van der Waals surface area contributed by atoms with Crippen molar-refractivity contribution in [1.82, 2.24) is 4.57 Å². The molecule has 8 nitrogen and oxygen atoms in total. The second kappa shape index (κ2) is 11.4. The number of esters is 1. The fraction of sp³-hybridized carbons (Fsp3) is 0.233. The molecule has 0 saturated carbocycles. The first-order valence-corrected chi connectivity index (χ1v) is 13.6. The average molecular weight is 599 g/mol. The van der Waals surface area contributed by atoms with Crippen LogP contribution in [0.5, 0.6) is 11.5 Å². The molecule has 1 aliphatic rings. The smallest absolute Gasteiger partial charge is 0.416 e. The summed E-state index contributed by atoms with van der Waals surface area (Å²) in [6.07, 6.45) is -3.01. The number of nitrogens with zero attached hydrogens (tertiary/aromatic N) is 2. The Hall–Kier alpha value is -4.58. The first-order chi connectivity index (χ1) is 20.0. The first-order valence-electron chi connectivity index (χ1n) is 12.7. The molecule has 0 fully saturated rings. The number of allylic oxidation sites excluding steroid dienone is 1. The summed E-state index contributed by atoms with van der Waals surface area (Å²) < 4.78 is 63.3. The Bertz CT molecular complexity index is 1880. The van der Waals surface area contributed by atoms with Crippen molar-refractivity contribution in [2.45, 2.75) is 26.1 Å². The number of carbonyl (C=O) groups is 1. The van der Waals surface area contributed by atoms with E-state index in [2.05, 4.69) is 4.99 Å². The maximum atomic E-state index is 13.9. The van der Waals surface area contributed by atoms with Gasteiger partial charge < -0.3 is 18.6 Å². The third-order valence-electron chi connectivity index (χ3n) is 6.62. The van der Waals surface area contributed by atoms with E-state index in [4.69, 9.17) is 18.6 Å². The number of benzene rings is 2. The van der Waals surface area contributed by atoms with Gasteiger partial charge in [0.25, 0.3) is 5.56 Å². The summed E-state index contributed by atoms with van der Waals surface area (Å²) in [5, 5.41) is 0. The van der Waals surface area contributed by atoms with Gasteiger partial charge in [-0.3, -0.25) is 9.36 Å². The SMILES string of the molecule is CCOC(=O)C1=C(C)N=c2sc(=Cc3ccc(-c4cccc(C(F)(F)F)c4)o3)c(=O)n2C1c1cc(OC)ccc1OC. The van der Waals surface area contributed by atoms with Gasteiger partial charge in [0.1, 0.15) is 29.1 Å². The van der Waals surface area contributed by atoms with Crippen molar-refractivity contribution >= 4 is 23.4 Å². The Morgan fingerprint density at radius 3 is 2.60 bits per heavy atom. The van der Waals surface area contributed by atoms with Gasteiger partial charge in [0.05, 0.1) is 42.2 Å². The van der Waals surface area contributed by atoms with Gasteiger partial charge >= 0.3 is 12.1 Å². The minimum atomic E-state index is -4.50. The number of methoxy groups -OCH3 is 2. The molecule has 0 aliphatic carbocycles. The second-order valence-electron chi connectivity index (χ2n) is 9.19. The van der Waals surface area contributed by atoms with Crippen LogP contribution in [0.15, 0.2) is 80.1 Å². The zero-order valence-electron chi connectivity index (χ0n) is 22.9. The van der Waals surface area contributed by atoms with Crippen molar-refractivity contribution in [3.63, 3.8) is 0 Å². The number of rotatable bonds is 7. The summed E-state index contributed by atoms with van der Waals surface area (Å²) in [5.74, 6) is 0.746. The summed E-state index contributed by atoms with van der Waals surface area (Å²) in [6, 6.07) is 12.0. The van der Waals surface area contributed by atoms with Crippen LogP contribution in [0.3, 0.4) is 0 Å². The highest BCUT2D eigenvalue weighted by atomic mass is 32.1. The predicted molar refractivity (Wildman–Crippen MR) is 149 cm³/mol. The molecule has 0 amide bonds. The van der Waals surface area contributed by atoms with Gasteiger partial charge in [0.15, 0.2) is 4.80 Å². The lowest BCUT2D eigenvalue weighted by atomic mass is 9.95. The van der Waals surface area contributed by atoms with E-state index in [1.54, 1.807) is 38.1 Å². The minimum absolute atomic E-state index is 0.120. The van der Waals surface area contributed by atoms with Crippen LogP contribution in [0.1, 0.15) is 36.8 Å². The molecular formula is C30H25F3N2O6S. The molecule has 4 aromatic rings. The Balaban J connectivity index is 1.65. The van der Waals surface area contributed by atoms with Gasteiger partial charge in [-0.1, -0.05) is 23.5 Å². The zero-order chi connectivity index (χ0) is 30.2. The van der Waals surface area contributed by atoms with Gasteiger partial charge in [-0.2, -0.15) is 13.2 Å². The molecule has 1 atom stereocenters. The highest BCUT2D eigenvalue weighted by Crippen LogP contribution is 2.38. The molecule has 0 spiro atoms. The topological polar surface area (TPSA) is 92.3 Å². The third kappa shape index (κ3) is 5.37. The predicted octanol–water partition coefficient (Wildman–Crippen LogP) is 5.09. The number of fused-ring (bicyclic) bond motifs is 1. The van der Waals surface area contributed by atoms with E-state index in [1.807, 2.05) is 0 Å². The first kappa shape index (κ1) is 28.9. The van der Waals surface area contributed by atoms with E-state index in [1.165, 1.54) is 43.1 Å². The molecule has 2 aromatic heterocycles. The van der Waals surface area contributed by atoms with Crippen LogP contribution in [0.4, 0.5) is 13.2 Å². The second-order valence-corrected chi connectivity index (χ2v) is 10.2. The standard InChI is InChI=1S/C30H25F3N2O6S/c1-5-40-28(37)25-16(2)34-29-35(26(25)21-14-19(38-3)9-12-23(21)39-4)27(36)24(42-29)15-20-10-11-22(41-20)17-7-6-8-18(13-17)30(31,32)33/h6-15,26H,5H2,1-4H3. The van der Waals surface area contributed by atoms with Gasteiger partial charge in [-0.05, 0) is 56.3 Å². The van der Waals surface area contributed by atoms with E-state index in [0.717, 1.165) is 23.5 Å². The molecular weight excluding hydrogens is 573 g/mol. The Morgan fingerprint density at radius 2 is 1.90 bits per heavy atom. The van der Waals surface area contributed by atoms with Crippen LogP contribution in [0.25, 0.3) is 17.4 Å². The molecule has 42 heavy (non-hydrogen) atoms. The lowest BCUT2D eigenvalue weighted by Crippen LogP contribution is -2.40. The van der Waals surface area contributed by atoms with Crippen LogP contribution >= 0.6 is 11.3 Å².